The quantitative estimate of drug-likeness (QED) is 0.868. The van der Waals surface area contributed by atoms with Crippen LogP contribution in [0, 0.1) is 6.92 Å². The van der Waals surface area contributed by atoms with Gasteiger partial charge in [0.1, 0.15) is 11.4 Å². The third-order valence-electron chi connectivity index (χ3n) is 4.63. The molecule has 2 aromatic rings. The second-order valence-electron chi connectivity index (χ2n) is 6.45. The molecule has 2 N–H and O–H groups in total. The molecule has 0 unspecified atom stereocenters. The normalized spacial score (nSPS) is 17.6. The van der Waals surface area contributed by atoms with Gasteiger partial charge in [-0.05, 0) is 31.9 Å². The van der Waals surface area contributed by atoms with E-state index in [1.165, 1.54) is 9.75 Å². The standard InChI is InChI=1S/C17H25N5OS/c1-13-4-5-14(24-13)12-22-10-7-17(8-11-22,16(23)18-2)19-15-6-9-21(3)20-15/h4-6,9H,7-8,10-12H2,1-3H3,(H,18,23)(H,19,20). The Bertz CT molecular complexity index is 699. The molecule has 7 heteroatoms. The molecule has 1 fully saturated rings. The number of nitrogens with zero attached hydrogens (tertiary/aromatic N) is 3. The van der Waals surface area contributed by atoms with Crippen molar-refractivity contribution in [1.82, 2.24) is 20.0 Å². The van der Waals surface area contributed by atoms with Crippen molar-refractivity contribution in [2.24, 2.45) is 7.05 Å². The van der Waals surface area contributed by atoms with Crippen LogP contribution in [0.3, 0.4) is 0 Å². The maximum Gasteiger partial charge on any atom is 0.245 e. The van der Waals surface area contributed by atoms with Gasteiger partial charge in [-0.25, -0.2) is 0 Å². The lowest BCUT2D eigenvalue weighted by Crippen LogP contribution is -2.57. The Balaban J connectivity index is 1.67. The maximum absolute atomic E-state index is 12.5. The van der Waals surface area contributed by atoms with Crippen LogP contribution in [-0.2, 0) is 18.4 Å². The highest BCUT2D eigenvalue weighted by Crippen LogP contribution is 2.28. The Morgan fingerprint density at radius 2 is 2.08 bits per heavy atom. The van der Waals surface area contributed by atoms with Crippen LogP contribution in [0.2, 0.25) is 0 Å². The van der Waals surface area contributed by atoms with E-state index in [4.69, 9.17) is 0 Å². The highest BCUT2D eigenvalue weighted by Gasteiger charge is 2.41. The van der Waals surface area contributed by atoms with E-state index in [9.17, 15) is 4.79 Å². The number of hydrogen-bond donors (Lipinski definition) is 2. The number of anilines is 1. The SMILES string of the molecule is CNC(=O)C1(Nc2ccn(C)n2)CCN(Cc2ccc(C)s2)CC1. The van der Waals surface area contributed by atoms with E-state index in [0.717, 1.165) is 38.3 Å². The van der Waals surface area contributed by atoms with E-state index in [1.807, 2.05) is 30.6 Å². The number of aromatic nitrogens is 2. The number of carbonyl (C=O) groups is 1. The number of nitrogens with one attached hydrogen (secondary N) is 2. The van der Waals surface area contributed by atoms with Crippen LogP contribution in [-0.4, -0.2) is 46.3 Å². The summed E-state index contributed by atoms with van der Waals surface area (Å²) in [5.74, 6) is 0.795. The number of thiophene rings is 1. The molecule has 1 aliphatic heterocycles. The first kappa shape index (κ1) is 17.0. The highest BCUT2D eigenvalue weighted by atomic mass is 32.1. The van der Waals surface area contributed by atoms with E-state index in [1.54, 1.807) is 11.7 Å². The zero-order chi connectivity index (χ0) is 17.2. The summed E-state index contributed by atoms with van der Waals surface area (Å²) in [6.07, 6.45) is 3.43. The third kappa shape index (κ3) is 3.62. The minimum Gasteiger partial charge on any atom is -0.357 e. The van der Waals surface area contributed by atoms with E-state index in [2.05, 4.69) is 39.7 Å². The number of likely N-dealkylation sites (N-methyl/N-ethyl adjacent to an activating group) is 1. The molecule has 6 nitrogen and oxygen atoms in total. The van der Waals surface area contributed by atoms with Crippen molar-refractivity contribution in [2.45, 2.75) is 31.8 Å². The van der Waals surface area contributed by atoms with Crippen LogP contribution >= 0.6 is 11.3 Å². The molecule has 0 radical (unpaired) electrons. The van der Waals surface area contributed by atoms with Gasteiger partial charge in [0.05, 0.1) is 0 Å². The van der Waals surface area contributed by atoms with Gasteiger partial charge in [-0.2, -0.15) is 5.10 Å². The Labute approximate surface area is 146 Å². The van der Waals surface area contributed by atoms with E-state index >= 15 is 0 Å². The summed E-state index contributed by atoms with van der Waals surface area (Å²) >= 11 is 1.85. The molecular weight excluding hydrogens is 322 g/mol. The molecule has 24 heavy (non-hydrogen) atoms. The fourth-order valence-corrected chi connectivity index (χ4v) is 4.19. The van der Waals surface area contributed by atoms with Crippen LogP contribution < -0.4 is 10.6 Å². The average molecular weight is 347 g/mol. The predicted molar refractivity (Wildman–Crippen MR) is 97.2 cm³/mol. The zero-order valence-electron chi connectivity index (χ0n) is 14.5. The smallest absolute Gasteiger partial charge is 0.245 e. The van der Waals surface area contributed by atoms with Crippen LogP contribution in [0.4, 0.5) is 5.82 Å². The topological polar surface area (TPSA) is 62.2 Å². The fraction of sp³-hybridized carbons (Fsp3) is 0.529. The molecule has 130 valence electrons. The third-order valence-corrected chi connectivity index (χ3v) is 5.61. The Hall–Kier alpha value is -1.86. The summed E-state index contributed by atoms with van der Waals surface area (Å²) in [5.41, 5.74) is -0.578. The Morgan fingerprint density at radius 1 is 1.33 bits per heavy atom. The van der Waals surface area contributed by atoms with Gasteiger partial charge in [-0.15, -0.1) is 11.3 Å². The van der Waals surface area contributed by atoms with Gasteiger partial charge >= 0.3 is 0 Å². The second kappa shape index (κ2) is 6.94. The van der Waals surface area contributed by atoms with Crippen molar-refractivity contribution in [3.05, 3.63) is 34.2 Å². The largest absolute Gasteiger partial charge is 0.357 e. The maximum atomic E-state index is 12.5. The lowest BCUT2D eigenvalue weighted by atomic mass is 9.86. The number of piperidine rings is 1. The van der Waals surface area contributed by atoms with Crippen molar-refractivity contribution in [1.29, 1.82) is 0 Å². The van der Waals surface area contributed by atoms with E-state index < -0.39 is 5.54 Å². The number of aryl methyl sites for hydroxylation is 2. The molecule has 1 aliphatic rings. The molecule has 3 rings (SSSR count). The average Bonchev–Trinajstić information content (AvgIpc) is 3.17. The van der Waals surface area contributed by atoms with Crippen molar-refractivity contribution < 1.29 is 4.79 Å². The molecule has 0 aliphatic carbocycles. The van der Waals surface area contributed by atoms with E-state index in [0.29, 0.717) is 0 Å². The number of hydrogen-bond acceptors (Lipinski definition) is 5. The van der Waals surface area contributed by atoms with Gasteiger partial charge in [0, 0.05) is 55.7 Å². The highest BCUT2D eigenvalue weighted by molar-refractivity contribution is 7.11. The fourth-order valence-electron chi connectivity index (χ4n) is 3.26. The van der Waals surface area contributed by atoms with Crippen molar-refractivity contribution in [3.8, 4) is 0 Å². The first-order valence-corrected chi connectivity index (χ1v) is 9.10. The van der Waals surface area contributed by atoms with Gasteiger partial charge in [0.25, 0.3) is 0 Å². The van der Waals surface area contributed by atoms with Crippen molar-refractivity contribution in [3.63, 3.8) is 0 Å². The van der Waals surface area contributed by atoms with Gasteiger partial charge in [0.2, 0.25) is 5.91 Å². The molecular formula is C17H25N5OS. The van der Waals surface area contributed by atoms with Crippen LogP contribution in [0.25, 0.3) is 0 Å². The minimum atomic E-state index is -0.578. The van der Waals surface area contributed by atoms with Crippen molar-refractivity contribution >= 4 is 23.1 Å². The van der Waals surface area contributed by atoms with Gasteiger partial charge in [-0.3, -0.25) is 14.4 Å². The summed E-state index contributed by atoms with van der Waals surface area (Å²) in [4.78, 5) is 17.7. The summed E-state index contributed by atoms with van der Waals surface area (Å²) < 4.78 is 1.74. The molecule has 0 bridgehead atoms. The second-order valence-corrected chi connectivity index (χ2v) is 7.82. The molecule has 0 spiro atoms. The molecule has 0 aromatic carbocycles. The summed E-state index contributed by atoms with van der Waals surface area (Å²) in [6, 6.07) is 6.28. The minimum absolute atomic E-state index is 0.0415. The summed E-state index contributed by atoms with van der Waals surface area (Å²) in [5, 5.41) is 10.6. The van der Waals surface area contributed by atoms with E-state index in [-0.39, 0.29) is 5.91 Å². The van der Waals surface area contributed by atoms with Crippen LogP contribution in [0.15, 0.2) is 24.4 Å². The molecule has 1 saturated heterocycles. The molecule has 0 saturated carbocycles. The Morgan fingerprint density at radius 3 is 2.62 bits per heavy atom. The summed E-state index contributed by atoms with van der Waals surface area (Å²) in [6.45, 7) is 4.89. The molecule has 0 atom stereocenters. The number of amides is 1. The molecule has 2 aromatic heterocycles. The Kier molecular flexibility index (Phi) is 4.91. The lowest BCUT2D eigenvalue weighted by molar-refractivity contribution is -0.126. The van der Waals surface area contributed by atoms with Crippen LogP contribution in [0.5, 0.6) is 0 Å². The van der Waals surface area contributed by atoms with Crippen LogP contribution in [0.1, 0.15) is 22.6 Å². The lowest BCUT2D eigenvalue weighted by Gasteiger charge is -2.40. The number of likely N-dealkylation sites (tertiary alicyclic amines) is 1. The first-order valence-electron chi connectivity index (χ1n) is 8.28. The monoisotopic (exact) mass is 347 g/mol. The molecule has 3 heterocycles. The van der Waals surface area contributed by atoms with Gasteiger partial charge in [-0.1, -0.05) is 0 Å². The number of carbonyl (C=O) groups excluding carboxylic acids is 1. The number of rotatable bonds is 5. The molecule has 1 amide bonds. The van der Waals surface area contributed by atoms with Gasteiger partial charge in [0.15, 0.2) is 0 Å². The van der Waals surface area contributed by atoms with Crippen molar-refractivity contribution in [2.75, 3.05) is 25.5 Å². The van der Waals surface area contributed by atoms with Gasteiger partial charge < -0.3 is 10.6 Å². The zero-order valence-corrected chi connectivity index (χ0v) is 15.3. The summed E-state index contributed by atoms with van der Waals surface area (Å²) in [7, 11) is 3.58. The predicted octanol–water partition coefficient (Wildman–Crippen LogP) is 1.98. The first-order chi connectivity index (χ1) is 11.5.